The minimum atomic E-state index is -0.515. The topological polar surface area (TPSA) is 0 Å². The van der Waals surface area contributed by atoms with Gasteiger partial charge >= 0.3 is 0 Å². The molecule has 0 bridgehead atoms. The van der Waals surface area contributed by atoms with Crippen molar-refractivity contribution in [1.82, 2.24) is 0 Å². The first kappa shape index (κ1) is 11.7. The van der Waals surface area contributed by atoms with Crippen molar-refractivity contribution in [2.45, 2.75) is 11.8 Å². The van der Waals surface area contributed by atoms with Crippen molar-refractivity contribution in [3.05, 3.63) is 57.3 Å². The van der Waals surface area contributed by atoms with Crippen molar-refractivity contribution < 1.29 is 8.78 Å². The fourth-order valence-electron chi connectivity index (χ4n) is 1.49. The number of alkyl halides is 1. The third-order valence-electron chi connectivity index (χ3n) is 2.37. The number of thiophene rings is 1. The Bertz CT molecular complexity index is 494. The zero-order valence-corrected chi connectivity index (χ0v) is 10.9. The minimum Gasteiger partial charge on any atom is -0.207 e. The standard InChI is InChI=1S/C12H9BrF2S/c1-7-4-5-8(14)10(12(7)15)11(13)9-3-2-6-16-9/h2-6,11H,1H3. The molecule has 1 heterocycles. The molecular formula is C12H9BrF2S. The first-order valence-corrected chi connectivity index (χ1v) is 6.52. The number of benzene rings is 1. The van der Waals surface area contributed by atoms with Crippen LogP contribution in [0.2, 0.25) is 0 Å². The Morgan fingerprint density at radius 1 is 1.25 bits per heavy atom. The van der Waals surface area contributed by atoms with Crippen molar-refractivity contribution >= 4 is 27.3 Å². The maximum atomic E-state index is 13.8. The van der Waals surface area contributed by atoms with Crippen LogP contribution in [0.4, 0.5) is 8.78 Å². The molecule has 2 aromatic rings. The summed E-state index contributed by atoms with van der Waals surface area (Å²) in [5, 5.41) is 1.88. The van der Waals surface area contributed by atoms with Crippen LogP contribution < -0.4 is 0 Å². The first-order valence-electron chi connectivity index (χ1n) is 4.73. The summed E-state index contributed by atoms with van der Waals surface area (Å²) in [5.74, 6) is -0.992. The highest BCUT2D eigenvalue weighted by atomic mass is 79.9. The molecular weight excluding hydrogens is 294 g/mol. The van der Waals surface area contributed by atoms with Gasteiger partial charge in [-0.2, -0.15) is 0 Å². The monoisotopic (exact) mass is 302 g/mol. The number of aryl methyl sites for hydroxylation is 1. The second kappa shape index (κ2) is 4.63. The SMILES string of the molecule is Cc1ccc(F)c(C(Br)c2cccs2)c1F. The molecule has 0 saturated heterocycles. The molecule has 4 heteroatoms. The zero-order valence-electron chi connectivity index (χ0n) is 8.51. The lowest BCUT2D eigenvalue weighted by Crippen LogP contribution is -2.01. The Morgan fingerprint density at radius 3 is 2.62 bits per heavy atom. The summed E-state index contributed by atoms with van der Waals surface area (Å²) in [5.41, 5.74) is 0.542. The predicted molar refractivity (Wildman–Crippen MR) is 66.2 cm³/mol. The molecule has 1 aromatic carbocycles. The number of hydrogen-bond acceptors (Lipinski definition) is 1. The van der Waals surface area contributed by atoms with Gasteiger partial charge in [-0.3, -0.25) is 0 Å². The van der Waals surface area contributed by atoms with E-state index in [1.54, 1.807) is 6.92 Å². The van der Waals surface area contributed by atoms with Crippen molar-refractivity contribution in [3.63, 3.8) is 0 Å². The number of rotatable bonds is 2. The fraction of sp³-hybridized carbons (Fsp3) is 0.167. The predicted octanol–water partition coefficient (Wildman–Crippen LogP) is 4.82. The summed E-state index contributed by atoms with van der Waals surface area (Å²) in [4.78, 5) is 0.468. The molecule has 1 unspecified atom stereocenters. The summed E-state index contributed by atoms with van der Waals surface area (Å²) < 4.78 is 27.4. The lowest BCUT2D eigenvalue weighted by Gasteiger charge is -2.12. The van der Waals surface area contributed by atoms with Crippen LogP contribution in [0.15, 0.2) is 29.6 Å². The number of halogens is 3. The highest BCUT2D eigenvalue weighted by molar-refractivity contribution is 9.09. The van der Waals surface area contributed by atoms with Gasteiger partial charge in [-0.25, -0.2) is 8.78 Å². The minimum absolute atomic E-state index is 0.0856. The number of hydrogen-bond donors (Lipinski definition) is 0. The Hall–Kier alpha value is -0.740. The highest BCUT2D eigenvalue weighted by Crippen LogP contribution is 2.37. The molecule has 0 aliphatic heterocycles. The van der Waals surface area contributed by atoms with Crippen LogP contribution in [-0.4, -0.2) is 0 Å². The molecule has 0 nitrogen and oxygen atoms in total. The van der Waals surface area contributed by atoms with Gasteiger partial charge in [-0.15, -0.1) is 11.3 Å². The van der Waals surface area contributed by atoms with Crippen LogP contribution in [0.3, 0.4) is 0 Å². The molecule has 0 radical (unpaired) electrons. The van der Waals surface area contributed by atoms with Gasteiger partial charge in [0.2, 0.25) is 0 Å². The smallest absolute Gasteiger partial charge is 0.133 e. The molecule has 2 rings (SSSR count). The van der Waals surface area contributed by atoms with Crippen LogP contribution in [0, 0.1) is 18.6 Å². The Balaban J connectivity index is 2.52. The third kappa shape index (κ3) is 2.04. The highest BCUT2D eigenvalue weighted by Gasteiger charge is 2.21. The van der Waals surface area contributed by atoms with E-state index >= 15 is 0 Å². The van der Waals surface area contributed by atoms with Gasteiger partial charge in [0.25, 0.3) is 0 Å². The van der Waals surface area contributed by atoms with Crippen molar-refractivity contribution in [2.75, 3.05) is 0 Å². The summed E-state index contributed by atoms with van der Waals surface area (Å²) in [6, 6.07) is 6.46. The van der Waals surface area contributed by atoms with Gasteiger partial charge < -0.3 is 0 Å². The van der Waals surface area contributed by atoms with Gasteiger partial charge in [0.15, 0.2) is 0 Å². The third-order valence-corrected chi connectivity index (χ3v) is 4.56. The fourth-order valence-corrected chi connectivity index (χ4v) is 3.09. The van der Waals surface area contributed by atoms with Crippen LogP contribution in [0.25, 0.3) is 0 Å². The van der Waals surface area contributed by atoms with Gasteiger partial charge in [-0.05, 0) is 30.0 Å². The van der Waals surface area contributed by atoms with Crippen molar-refractivity contribution in [1.29, 1.82) is 0 Å². The van der Waals surface area contributed by atoms with Crippen LogP contribution in [-0.2, 0) is 0 Å². The van der Waals surface area contributed by atoms with E-state index in [0.29, 0.717) is 5.56 Å². The van der Waals surface area contributed by atoms with E-state index in [9.17, 15) is 8.78 Å². The summed E-state index contributed by atoms with van der Waals surface area (Å²) >= 11 is 4.81. The Kier molecular flexibility index (Phi) is 3.40. The van der Waals surface area contributed by atoms with E-state index in [-0.39, 0.29) is 5.56 Å². The summed E-state index contributed by atoms with van der Waals surface area (Å²) in [7, 11) is 0. The van der Waals surface area contributed by atoms with Crippen LogP contribution >= 0.6 is 27.3 Å². The van der Waals surface area contributed by atoms with Crippen LogP contribution in [0.5, 0.6) is 0 Å². The molecule has 84 valence electrons. The van der Waals surface area contributed by atoms with E-state index in [0.717, 1.165) is 4.88 Å². The maximum absolute atomic E-state index is 13.8. The van der Waals surface area contributed by atoms with Gasteiger partial charge in [0, 0.05) is 10.4 Å². The summed E-state index contributed by atoms with van der Waals surface area (Å²) in [6.45, 7) is 1.63. The molecule has 1 aromatic heterocycles. The van der Waals surface area contributed by atoms with E-state index in [4.69, 9.17) is 0 Å². The lowest BCUT2D eigenvalue weighted by atomic mass is 10.1. The van der Waals surface area contributed by atoms with Gasteiger partial charge in [-0.1, -0.05) is 28.1 Å². The molecule has 0 aliphatic rings. The van der Waals surface area contributed by atoms with Gasteiger partial charge in [0.05, 0.1) is 4.83 Å². The first-order chi connectivity index (χ1) is 7.61. The molecule has 1 atom stereocenters. The average molecular weight is 303 g/mol. The molecule has 0 amide bonds. The maximum Gasteiger partial charge on any atom is 0.133 e. The molecule has 16 heavy (non-hydrogen) atoms. The molecule has 0 aliphatic carbocycles. The molecule has 0 N–H and O–H groups in total. The largest absolute Gasteiger partial charge is 0.207 e. The normalized spacial score (nSPS) is 12.8. The molecule has 0 spiro atoms. The van der Waals surface area contributed by atoms with E-state index in [2.05, 4.69) is 15.9 Å². The zero-order chi connectivity index (χ0) is 11.7. The van der Waals surface area contributed by atoms with Crippen molar-refractivity contribution in [3.8, 4) is 0 Å². The summed E-state index contributed by atoms with van der Waals surface area (Å²) in [6.07, 6.45) is 0. The Morgan fingerprint density at radius 2 is 2.00 bits per heavy atom. The van der Waals surface area contributed by atoms with Crippen LogP contribution in [0.1, 0.15) is 20.8 Å². The lowest BCUT2D eigenvalue weighted by molar-refractivity contribution is 0.556. The van der Waals surface area contributed by atoms with Gasteiger partial charge in [0.1, 0.15) is 11.6 Å². The van der Waals surface area contributed by atoms with Crippen molar-refractivity contribution in [2.24, 2.45) is 0 Å². The second-order valence-corrected chi connectivity index (χ2v) is 5.36. The Labute approximate surface area is 105 Å². The second-order valence-electron chi connectivity index (χ2n) is 3.47. The molecule has 0 saturated carbocycles. The van der Waals surface area contributed by atoms with E-state index in [1.807, 2.05) is 17.5 Å². The van der Waals surface area contributed by atoms with E-state index in [1.165, 1.54) is 23.5 Å². The molecule has 0 fully saturated rings. The average Bonchev–Trinajstić information content (AvgIpc) is 2.77. The quantitative estimate of drug-likeness (QED) is 0.698. The van der Waals surface area contributed by atoms with E-state index < -0.39 is 16.5 Å².